The SMILES string of the molecule is CCOc1ccccc1-n1nnnc1SCC(=O)NC(C)(C)C. The van der Waals surface area contributed by atoms with E-state index in [0.717, 1.165) is 5.69 Å². The average Bonchev–Trinajstić information content (AvgIpc) is 2.92. The molecule has 1 amide bonds. The number of hydrogen-bond acceptors (Lipinski definition) is 6. The maximum absolute atomic E-state index is 11.9. The zero-order valence-corrected chi connectivity index (χ0v) is 14.6. The van der Waals surface area contributed by atoms with E-state index in [-0.39, 0.29) is 17.2 Å². The van der Waals surface area contributed by atoms with E-state index in [0.29, 0.717) is 17.5 Å². The molecule has 124 valence electrons. The van der Waals surface area contributed by atoms with Crippen molar-refractivity contribution in [1.29, 1.82) is 0 Å². The van der Waals surface area contributed by atoms with E-state index in [1.165, 1.54) is 11.8 Å². The van der Waals surface area contributed by atoms with Gasteiger partial charge in [-0.15, -0.1) is 5.10 Å². The maximum Gasteiger partial charge on any atom is 0.230 e. The number of carbonyl (C=O) groups is 1. The highest BCUT2D eigenvalue weighted by Crippen LogP contribution is 2.25. The summed E-state index contributed by atoms with van der Waals surface area (Å²) in [4.78, 5) is 11.9. The van der Waals surface area contributed by atoms with Crippen LogP contribution in [-0.4, -0.2) is 44.0 Å². The van der Waals surface area contributed by atoms with E-state index < -0.39 is 0 Å². The van der Waals surface area contributed by atoms with Crippen LogP contribution < -0.4 is 10.1 Å². The summed E-state index contributed by atoms with van der Waals surface area (Å²) >= 11 is 1.28. The smallest absolute Gasteiger partial charge is 0.230 e. The minimum atomic E-state index is -0.259. The van der Waals surface area contributed by atoms with E-state index >= 15 is 0 Å². The third-order valence-corrected chi connectivity index (χ3v) is 3.60. The average molecular weight is 335 g/mol. The van der Waals surface area contributed by atoms with Crippen molar-refractivity contribution in [3.8, 4) is 11.4 Å². The fourth-order valence-electron chi connectivity index (χ4n) is 1.91. The number of thioether (sulfide) groups is 1. The van der Waals surface area contributed by atoms with Gasteiger partial charge in [-0.2, -0.15) is 4.68 Å². The van der Waals surface area contributed by atoms with Crippen LogP contribution in [0, 0.1) is 0 Å². The van der Waals surface area contributed by atoms with E-state index in [4.69, 9.17) is 4.74 Å². The third kappa shape index (κ3) is 4.95. The standard InChI is InChI=1S/C15H21N5O2S/c1-5-22-12-9-7-6-8-11(12)20-14(17-18-19-20)23-10-13(21)16-15(2,3)4/h6-9H,5,10H2,1-4H3,(H,16,21). The Kier molecular flexibility index (Phi) is 5.59. The lowest BCUT2D eigenvalue weighted by atomic mass is 10.1. The predicted octanol–water partition coefficient (Wildman–Crippen LogP) is 2.07. The molecule has 1 aromatic heterocycles. The summed E-state index contributed by atoms with van der Waals surface area (Å²) in [6.07, 6.45) is 0. The monoisotopic (exact) mass is 335 g/mol. The highest BCUT2D eigenvalue weighted by atomic mass is 32.2. The van der Waals surface area contributed by atoms with Gasteiger partial charge >= 0.3 is 0 Å². The van der Waals surface area contributed by atoms with Crippen LogP contribution in [0.3, 0.4) is 0 Å². The number of nitrogens with zero attached hydrogens (tertiary/aromatic N) is 4. The van der Waals surface area contributed by atoms with Gasteiger partial charge in [0.05, 0.1) is 12.4 Å². The Bertz CT molecular complexity index is 666. The molecule has 8 heteroatoms. The first kappa shape index (κ1) is 17.3. The summed E-state index contributed by atoms with van der Waals surface area (Å²) in [5.41, 5.74) is 0.489. The van der Waals surface area contributed by atoms with Gasteiger partial charge in [0.15, 0.2) is 0 Å². The second-order valence-corrected chi connectivity index (χ2v) is 6.80. The van der Waals surface area contributed by atoms with Crippen molar-refractivity contribution in [2.45, 2.75) is 38.4 Å². The second-order valence-electron chi connectivity index (χ2n) is 5.86. The Morgan fingerprint density at radius 2 is 2.09 bits per heavy atom. The highest BCUT2D eigenvalue weighted by molar-refractivity contribution is 7.99. The molecule has 2 rings (SSSR count). The fourth-order valence-corrected chi connectivity index (χ4v) is 2.60. The molecule has 0 aliphatic heterocycles. The molecular weight excluding hydrogens is 314 g/mol. The molecular formula is C15H21N5O2S. The van der Waals surface area contributed by atoms with Gasteiger partial charge in [-0.25, -0.2) is 0 Å². The minimum Gasteiger partial charge on any atom is -0.492 e. The molecule has 1 N–H and O–H groups in total. The van der Waals surface area contributed by atoms with Crippen LogP contribution in [-0.2, 0) is 4.79 Å². The topological polar surface area (TPSA) is 81.9 Å². The van der Waals surface area contributed by atoms with Crippen LogP contribution >= 0.6 is 11.8 Å². The molecule has 0 aliphatic carbocycles. The number of hydrogen-bond donors (Lipinski definition) is 1. The Hall–Kier alpha value is -2.09. The quantitative estimate of drug-likeness (QED) is 0.814. The first-order valence-electron chi connectivity index (χ1n) is 7.35. The summed E-state index contributed by atoms with van der Waals surface area (Å²) in [7, 11) is 0. The Morgan fingerprint density at radius 3 is 2.78 bits per heavy atom. The first-order chi connectivity index (χ1) is 10.9. The highest BCUT2D eigenvalue weighted by Gasteiger charge is 2.17. The largest absolute Gasteiger partial charge is 0.492 e. The van der Waals surface area contributed by atoms with Gasteiger partial charge in [0.2, 0.25) is 11.1 Å². The number of aromatic nitrogens is 4. The number of carbonyl (C=O) groups excluding carboxylic acids is 1. The van der Waals surface area contributed by atoms with Gasteiger partial charge in [-0.3, -0.25) is 4.79 Å². The van der Waals surface area contributed by atoms with Crippen molar-refractivity contribution in [2.75, 3.05) is 12.4 Å². The molecule has 0 bridgehead atoms. The molecule has 0 saturated heterocycles. The summed E-state index contributed by atoms with van der Waals surface area (Å²) < 4.78 is 7.19. The Balaban J connectivity index is 2.13. The first-order valence-corrected chi connectivity index (χ1v) is 8.33. The van der Waals surface area contributed by atoms with Crippen molar-refractivity contribution in [3.05, 3.63) is 24.3 Å². The summed E-state index contributed by atoms with van der Waals surface area (Å²) in [5.74, 6) is 0.882. The molecule has 1 heterocycles. The number of tetrazole rings is 1. The summed E-state index contributed by atoms with van der Waals surface area (Å²) in [6.45, 7) is 8.30. The van der Waals surface area contributed by atoms with E-state index in [9.17, 15) is 4.79 Å². The third-order valence-electron chi connectivity index (χ3n) is 2.68. The van der Waals surface area contributed by atoms with E-state index in [1.807, 2.05) is 52.0 Å². The summed E-state index contributed by atoms with van der Waals surface area (Å²) in [6, 6.07) is 7.52. The molecule has 0 spiro atoms. The molecule has 0 atom stereocenters. The number of nitrogens with one attached hydrogen (secondary N) is 1. The van der Waals surface area contributed by atoms with Gasteiger partial charge in [0, 0.05) is 5.54 Å². The van der Waals surface area contributed by atoms with Crippen LogP contribution in [0.2, 0.25) is 0 Å². The van der Waals surface area contributed by atoms with Gasteiger partial charge < -0.3 is 10.1 Å². The number of ether oxygens (including phenoxy) is 1. The second kappa shape index (κ2) is 7.45. The maximum atomic E-state index is 11.9. The van der Waals surface area contributed by atoms with Crippen LogP contribution in [0.25, 0.3) is 5.69 Å². The molecule has 1 aromatic carbocycles. The fraction of sp³-hybridized carbons (Fsp3) is 0.467. The van der Waals surface area contributed by atoms with Crippen molar-refractivity contribution in [2.24, 2.45) is 0 Å². The molecule has 0 saturated carbocycles. The van der Waals surface area contributed by atoms with Crippen molar-refractivity contribution < 1.29 is 9.53 Å². The minimum absolute atomic E-state index is 0.0601. The molecule has 7 nitrogen and oxygen atoms in total. The Labute approximate surface area is 139 Å². The van der Waals surface area contributed by atoms with Gasteiger partial charge in [0.25, 0.3) is 0 Å². The number of para-hydroxylation sites is 2. The van der Waals surface area contributed by atoms with Crippen LogP contribution in [0.5, 0.6) is 5.75 Å². The summed E-state index contributed by atoms with van der Waals surface area (Å²) in [5, 5.41) is 15.2. The number of benzene rings is 1. The van der Waals surface area contributed by atoms with Gasteiger partial charge in [-0.05, 0) is 50.3 Å². The molecule has 2 aromatic rings. The molecule has 0 aliphatic rings. The van der Waals surface area contributed by atoms with Crippen LogP contribution in [0.15, 0.2) is 29.4 Å². The molecule has 23 heavy (non-hydrogen) atoms. The van der Waals surface area contributed by atoms with E-state index in [2.05, 4.69) is 20.8 Å². The molecule has 0 fully saturated rings. The van der Waals surface area contributed by atoms with Crippen LogP contribution in [0.1, 0.15) is 27.7 Å². The predicted molar refractivity (Wildman–Crippen MR) is 88.9 cm³/mol. The zero-order chi connectivity index (χ0) is 16.9. The van der Waals surface area contributed by atoms with E-state index in [1.54, 1.807) is 4.68 Å². The number of rotatable bonds is 6. The van der Waals surface area contributed by atoms with Gasteiger partial charge in [-0.1, -0.05) is 23.9 Å². The van der Waals surface area contributed by atoms with Crippen molar-refractivity contribution in [3.63, 3.8) is 0 Å². The zero-order valence-electron chi connectivity index (χ0n) is 13.7. The lowest BCUT2D eigenvalue weighted by Gasteiger charge is -2.20. The lowest BCUT2D eigenvalue weighted by molar-refractivity contribution is -0.119. The van der Waals surface area contributed by atoms with Crippen LogP contribution in [0.4, 0.5) is 0 Å². The number of amides is 1. The Morgan fingerprint density at radius 1 is 1.35 bits per heavy atom. The van der Waals surface area contributed by atoms with Crippen molar-refractivity contribution in [1.82, 2.24) is 25.5 Å². The van der Waals surface area contributed by atoms with Crippen molar-refractivity contribution >= 4 is 17.7 Å². The lowest BCUT2D eigenvalue weighted by Crippen LogP contribution is -2.41. The van der Waals surface area contributed by atoms with Gasteiger partial charge in [0.1, 0.15) is 11.4 Å². The molecule has 0 radical (unpaired) electrons. The molecule has 0 unspecified atom stereocenters. The normalized spacial score (nSPS) is 11.3.